The topological polar surface area (TPSA) is 77.8 Å². The zero-order chi connectivity index (χ0) is 30.4. The number of likely N-dealkylation sites (tertiary alicyclic amines) is 1. The molecule has 1 saturated heterocycles. The van der Waals surface area contributed by atoms with Crippen molar-refractivity contribution in [3.63, 3.8) is 0 Å². The predicted molar refractivity (Wildman–Crippen MR) is 153 cm³/mol. The molecule has 220 valence electrons. The second-order valence-electron chi connectivity index (χ2n) is 11.9. The summed E-state index contributed by atoms with van der Waals surface area (Å²) in [6.07, 6.45) is -2.08. The molecule has 0 N–H and O–H groups in total. The Morgan fingerprint density at radius 2 is 1.64 bits per heavy atom. The van der Waals surface area contributed by atoms with E-state index in [1.807, 2.05) is 6.92 Å². The van der Waals surface area contributed by atoms with E-state index in [9.17, 15) is 26.4 Å². The number of benzene rings is 3. The molecular weight excluding hydrogens is 569 g/mol. The number of para-hydroxylation sites is 1. The van der Waals surface area contributed by atoms with Crippen LogP contribution in [0.25, 0.3) is 27.9 Å². The molecule has 3 aromatic carbocycles. The highest BCUT2D eigenvalue weighted by Crippen LogP contribution is 2.51. The van der Waals surface area contributed by atoms with Crippen LogP contribution in [0.1, 0.15) is 43.0 Å². The first kappa shape index (κ1) is 28.1. The van der Waals surface area contributed by atoms with Crippen LogP contribution in [0.15, 0.2) is 59.5 Å². The van der Waals surface area contributed by atoms with Gasteiger partial charge in [0.2, 0.25) is 0 Å². The molecule has 0 saturated carbocycles. The Labute approximate surface area is 241 Å². The lowest BCUT2D eigenvalue weighted by molar-refractivity contribution is -0.137. The molecule has 0 atom stereocenters. The number of carbonyl (C=O) groups excluding carboxylic acids is 1. The average Bonchev–Trinajstić information content (AvgIpc) is 3.21. The number of alkyl halides is 3. The average molecular weight is 599 g/mol. The van der Waals surface area contributed by atoms with Crippen molar-refractivity contribution in [1.29, 1.82) is 0 Å². The number of ether oxygens (including phenoxy) is 2. The molecule has 0 aliphatic carbocycles. The smallest absolute Gasteiger partial charge is 0.417 e. The number of amides is 1. The Morgan fingerprint density at radius 1 is 1.00 bits per heavy atom. The van der Waals surface area contributed by atoms with Gasteiger partial charge in [-0.1, -0.05) is 35.9 Å². The maximum absolute atomic E-state index is 14.9. The quantitative estimate of drug-likeness (QED) is 0.247. The summed E-state index contributed by atoms with van der Waals surface area (Å²) in [5, 5.41) is -0.0481. The molecule has 6 rings (SSSR count). The molecular formula is C31H29F3N2O5S. The molecule has 7 nitrogen and oxygen atoms in total. The van der Waals surface area contributed by atoms with Gasteiger partial charge in [-0.05, 0) is 65.0 Å². The van der Waals surface area contributed by atoms with Crippen molar-refractivity contribution in [3.8, 4) is 5.75 Å². The first-order valence-electron chi connectivity index (χ1n) is 13.4. The normalized spacial score (nSPS) is 16.4. The van der Waals surface area contributed by atoms with Gasteiger partial charge in [-0.25, -0.2) is 17.2 Å². The van der Waals surface area contributed by atoms with Crippen molar-refractivity contribution in [3.05, 3.63) is 76.9 Å². The van der Waals surface area contributed by atoms with Gasteiger partial charge in [-0.2, -0.15) is 13.2 Å². The number of aryl methyl sites for hydroxylation is 1. The van der Waals surface area contributed by atoms with Crippen molar-refractivity contribution < 1.29 is 35.9 Å². The highest BCUT2D eigenvalue weighted by Gasteiger charge is 2.50. The summed E-state index contributed by atoms with van der Waals surface area (Å²) in [6.45, 7) is 8.51. The molecule has 42 heavy (non-hydrogen) atoms. The second kappa shape index (κ2) is 9.00. The Morgan fingerprint density at radius 3 is 2.26 bits per heavy atom. The van der Waals surface area contributed by atoms with Gasteiger partial charge >= 0.3 is 12.3 Å². The number of hydrogen-bond acceptors (Lipinski definition) is 5. The Balaban J connectivity index is 1.60. The third-order valence-corrected chi connectivity index (χ3v) is 9.30. The number of halogens is 3. The maximum Gasteiger partial charge on any atom is 0.417 e. The molecule has 0 radical (unpaired) electrons. The molecule has 1 aromatic heterocycles. The number of fused-ring (bicyclic) bond motifs is 5. The van der Waals surface area contributed by atoms with Crippen LogP contribution >= 0.6 is 0 Å². The fourth-order valence-corrected chi connectivity index (χ4v) is 7.26. The van der Waals surface area contributed by atoms with E-state index in [1.54, 1.807) is 57.2 Å². The summed E-state index contributed by atoms with van der Waals surface area (Å²) in [4.78, 5) is 13.9. The molecule has 3 heterocycles. The highest BCUT2D eigenvalue weighted by molar-refractivity contribution is 7.90. The molecule has 11 heteroatoms. The molecule has 2 aliphatic heterocycles. The molecule has 2 aliphatic rings. The zero-order valence-corrected chi connectivity index (χ0v) is 24.5. The predicted octanol–water partition coefficient (Wildman–Crippen LogP) is 7.06. The van der Waals surface area contributed by atoms with E-state index >= 15 is 0 Å². The standard InChI is InChI=1S/C31H29F3N2O5S/c1-18-10-12-20(13-11-18)42(38,39)36-23-9-7-6-8-21(23)24-25(31(32,33)34)19(2)27-22(26(24)36)14-15-30(40-27)16-35(17-30)28(37)41-29(3,4)5/h6-15H,16-17H2,1-5H3. The summed E-state index contributed by atoms with van der Waals surface area (Å²) < 4.78 is 85.6. The van der Waals surface area contributed by atoms with Crippen molar-refractivity contribution in [1.82, 2.24) is 8.87 Å². The number of aromatic nitrogens is 1. The maximum atomic E-state index is 14.9. The Kier molecular flexibility index (Phi) is 6.03. The van der Waals surface area contributed by atoms with E-state index < -0.39 is 39.1 Å². The van der Waals surface area contributed by atoms with Crippen LogP contribution in [0.5, 0.6) is 5.75 Å². The van der Waals surface area contributed by atoms with Crippen LogP contribution in [0.3, 0.4) is 0 Å². The lowest BCUT2D eigenvalue weighted by Gasteiger charge is -2.49. The second-order valence-corrected chi connectivity index (χ2v) is 13.7. The molecule has 0 unspecified atom stereocenters. The van der Waals surface area contributed by atoms with Crippen molar-refractivity contribution in [2.24, 2.45) is 0 Å². The summed E-state index contributed by atoms with van der Waals surface area (Å²) >= 11 is 0. The van der Waals surface area contributed by atoms with Crippen LogP contribution in [0, 0.1) is 13.8 Å². The Hall–Kier alpha value is -3.99. The minimum absolute atomic E-state index is 0.0530. The van der Waals surface area contributed by atoms with Crippen molar-refractivity contribution in [2.45, 2.75) is 56.9 Å². The summed E-state index contributed by atoms with van der Waals surface area (Å²) in [6, 6.07) is 12.3. The van der Waals surface area contributed by atoms with Gasteiger partial charge in [-0.3, -0.25) is 4.90 Å². The van der Waals surface area contributed by atoms with Crippen LogP contribution < -0.4 is 4.74 Å². The van der Waals surface area contributed by atoms with Crippen molar-refractivity contribution in [2.75, 3.05) is 13.1 Å². The lowest BCUT2D eigenvalue weighted by Crippen LogP contribution is -2.66. The van der Waals surface area contributed by atoms with Gasteiger partial charge in [0.1, 0.15) is 11.4 Å². The molecule has 1 fully saturated rings. The number of rotatable bonds is 2. The van der Waals surface area contributed by atoms with Gasteiger partial charge in [-0.15, -0.1) is 0 Å². The fraction of sp³-hybridized carbons (Fsp3) is 0.323. The fourth-order valence-electron chi connectivity index (χ4n) is 5.72. The molecule has 0 bridgehead atoms. The van der Waals surface area contributed by atoms with E-state index in [4.69, 9.17) is 9.47 Å². The number of nitrogens with zero attached hydrogens (tertiary/aromatic N) is 2. The van der Waals surface area contributed by atoms with E-state index in [1.165, 1.54) is 36.1 Å². The van der Waals surface area contributed by atoms with Gasteiger partial charge in [0, 0.05) is 21.9 Å². The third kappa shape index (κ3) is 4.33. The van der Waals surface area contributed by atoms with Gasteiger partial charge < -0.3 is 9.47 Å². The number of carbonyl (C=O) groups is 1. The minimum atomic E-state index is -4.82. The van der Waals surface area contributed by atoms with E-state index in [0.717, 1.165) is 9.54 Å². The SMILES string of the molecule is Cc1ccc(S(=O)(=O)n2c3ccccc3c3c(C(F)(F)F)c(C)c4c(c32)C=CC2(CN(C(=O)OC(C)(C)C)C2)O4)cc1. The minimum Gasteiger partial charge on any atom is -0.478 e. The Bertz CT molecular complexity index is 1910. The summed E-state index contributed by atoms with van der Waals surface area (Å²) in [5.41, 5.74) is -1.82. The van der Waals surface area contributed by atoms with Crippen LogP contribution in [0.2, 0.25) is 0 Å². The van der Waals surface area contributed by atoms with E-state index in [-0.39, 0.29) is 56.7 Å². The summed E-state index contributed by atoms with van der Waals surface area (Å²) in [7, 11) is -4.34. The highest BCUT2D eigenvalue weighted by atomic mass is 32.2. The first-order chi connectivity index (χ1) is 19.5. The number of hydrogen-bond donors (Lipinski definition) is 0. The monoisotopic (exact) mass is 598 g/mol. The van der Waals surface area contributed by atoms with Gasteiger partial charge in [0.25, 0.3) is 10.0 Å². The molecule has 4 aromatic rings. The van der Waals surface area contributed by atoms with Crippen LogP contribution in [0.4, 0.5) is 18.0 Å². The third-order valence-electron chi connectivity index (χ3n) is 7.57. The first-order valence-corrected chi connectivity index (χ1v) is 14.8. The van der Waals surface area contributed by atoms with Crippen LogP contribution in [-0.2, 0) is 20.9 Å². The van der Waals surface area contributed by atoms with Crippen molar-refractivity contribution >= 4 is 44.0 Å². The zero-order valence-electron chi connectivity index (χ0n) is 23.7. The molecule has 1 amide bonds. The molecule has 1 spiro atoms. The van der Waals surface area contributed by atoms with Crippen LogP contribution in [-0.4, -0.2) is 47.7 Å². The summed E-state index contributed by atoms with van der Waals surface area (Å²) in [5.74, 6) is -0.0654. The van der Waals surface area contributed by atoms with E-state index in [0.29, 0.717) is 0 Å². The largest absolute Gasteiger partial charge is 0.478 e. The van der Waals surface area contributed by atoms with Gasteiger partial charge in [0.15, 0.2) is 5.60 Å². The van der Waals surface area contributed by atoms with Gasteiger partial charge in [0.05, 0.1) is 34.6 Å². The lowest BCUT2D eigenvalue weighted by atomic mass is 9.87. The van der Waals surface area contributed by atoms with E-state index in [2.05, 4.69) is 0 Å².